The van der Waals surface area contributed by atoms with Gasteiger partial charge in [-0.2, -0.15) is 0 Å². The predicted molar refractivity (Wildman–Crippen MR) is 61.5 cm³/mol. The molecule has 0 unspecified atom stereocenters. The first-order valence-corrected chi connectivity index (χ1v) is 5.95. The van der Waals surface area contributed by atoms with E-state index < -0.39 is 0 Å². The Morgan fingerprint density at radius 1 is 1.47 bits per heavy atom. The molecule has 1 aliphatic heterocycles. The minimum atomic E-state index is 0.148. The highest BCUT2D eigenvalue weighted by atomic mass is 16.2. The van der Waals surface area contributed by atoms with E-state index in [4.69, 9.17) is 5.73 Å². The number of amides is 1. The molecular weight excluding hydrogens is 190 g/mol. The zero-order valence-electron chi connectivity index (χ0n) is 9.67. The number of nitrogens with zero attached hydrogens (tertiary/aromatic N) is 1. The summed E-state index contributed by atoms with van der Waals surface area (Å²) in [6.45, 7) is 6.11. The molecule has 88 valence electrons. The number of likely N-dealkylation sites (tertiary alicyclic amines) is 1. The van der Waals surface area contributed by atoms with E-state index in [1.54, 1.807) is 0 Å². The molecule has 15 heavy (non-hydrogen) atoms. The van der Waals surface area contributed by atoms with Gasteiger partial charge in [-0.25, -0.2) is 0 Å². The summed E-state index contributed by atoms with van der Waals surface area (Å²) in [6, 6.07) is 0. The number of piperidine rings is 1. The first-order chi connectivity index (χ1) is 7.26. The van der Waals surface area contributed by atoms with Crippen molar-refractivity contribution in [3.05, 3.63) is 0 Å². The molecule has 0 aromatic heterocycles. The van der Waals surface area contributed by atoms with Crippen LogP contribution in [0.1, 0.15) is 26.2 Å². The average Bonchev–Trinajstić information content (AvgIpc) is 2.22. The Kier molecular flexibility index (Phi) is 5.65. The molecule has 0 spiro atoms. The van der Waals surface area contributed by atoms with Crippen LogP contribution < -0.4 is 11.1 Å². The van der Waals surface area contributed by atoms with Crippen LogP contribution >= 0.6 is 0 Å². The molecule has 3 N–H and O–H groups in total. The quantitative estimate of drug-likeness (QED) is 0.685. The lowest BCUT2D eigenvalue weighted by molar-refractivity contribution is -0.122. The first-order valence-electron chi connectivity index (χ1n) is 5.95. The minimum Gasteiger partial charge on any atom is -0.355 e. The van der Waals surface area contributed by atoms with Gasteiger partial charge in [-0.05, 0) is 51.7 Å². The number of nitrogens with two attached hydrogens (primary N) is 1. The summed E-state index contributed by atoms with van der Waals surface area (Å²) in [7, 11) is 0. The second-order valence-corrected chi connectivity index (χ2v) is 4.25. The van der Waals surface area contributed by atoms with E-state index >= 15 is 0 Å². The van der Waals surface area contributed by atoms with Gasteiger partial charge >= 0.3 is 0 Å². The summed E-state index contributed by atoms with van der Waals surface area (Å²) in [6.07, 6.45) is 3.52. The highest BCUT2D eigenvalue weighted by Gasteiger charge is 2.19. The van der Waals surface area contributed by atoms with Gasteiger partial charge in [-0.15, -0.1) is 0 Å². The molecule has 1 fully saturated rings. The van der Waals surface area contributed by atoms with Crippen LogP contribution in [0.5, 0.6) is 0 Å². The lowest BCUT2D eigenvalue weighted by atomic mass is 9.94. The molecule has 0 bridgehead atoms. The van der Waals surface area contributed by atoms with Crippen LogP contribution in [0.2, 0.25) is 0 Å². The maximum atomic E-state index is 11.3. The van der Waals surface area contributed by atoms with Crippen molar-refractivity contribution >= 4 is 5.91 Å². The smallest absolute Gasteiger partial charge is 0.234 e. The number of hydrogen-bond acceptors (Lipinski definition) is 3. The fourth-order valence-corrected chi connectivity index (χ4v) is 2.13. The molecule has 0 radical (unpaired) electrons. The maximum Gasteiger partial charge on any atom is 0.234 e. The normalized spacial score (nSPS) is 19.1. The van der Waals surface area contributed by atoms with Gasteiger partial charge in [-0.3, -0.25) is 9.69 Å². The fourth-order valence-electron chi connectivity index (χ4n) is 2.13. The SMILES string of the molecule is CCNC(=O)CN1CCC(CCN)CC1. The van der Waals surface area contributed by atoms with Gasteiger partial charge in [0.15, 0.2) is 0 Å². The second-order valence-electron chi connectivity index (χ2n) is 4.25. The van der Waals surface area contributed by atoms with Crippen molar-refractivity contribution in [2.45, 2.75) is 26.2 Å². The van der Waals surface area contributed by atoms with Crippen LogP contribution in [-0.4, -0.2) is 43.5 Å². The van der Waals surface area contributed by atoms with Gasteiger partial charge in [-0.1, -0.05) is 0 Å². The van der Waals surface area contributed by atoms with E-state index in [0.717, 1.165) is 38.5 Å². The largest absolute Gasteiger partial charge is 0.355 e. The van der Waals surface area contributed by atoms with E-state index in [2.05, 4.69) is 10.2 Å². The summed E-state index contributed by atoms with van der Waals surface area (Å²) in [4.78, 5) is 13.6. The second kappa shape index (κ2) is 6.80. The molecule has 1 rings (SSSR count). The minimum absolute atomic E-state index is 0.148. The van der Waals surface area contributed by atoms with Gasteiger partial charge in [0, 0.05) is 6.54 Å². The summed E-state index contributed by atoms with van der Waals surface area (Å²) in [5.41, 5.74) is 5.54. The third-order valence-corrected chi connectivity index (χ3v) is 3.02. The number of hydrogen-bond donors (Lipinski definition) is 2. The topological polar surface area (TPSA) is 58.4 Å². The molecule has 1 heterocycles. The van der Waals surface area contributed by atoms with Crippen molar-refractivity contribution in [2.24, 2.45) is 11.7 Å². The Hall–Kier alpha value is -0.610. The predicted octanol–water partition coefficient (Wildman–Crippen LogP) is 0.183. The van der Waals surface area contributed by atoms with Crippen molar-refractivity contribution in [1.29, 1.82) is 0 Å². The van der Waals surface area contributed by atoms with Crippen LogP contribution in [0.15, 0.2) is 0 Å². The third kappa shape index (κ3) is 4.62. The number of carbonyl (C=O) groups excluding carboxylic acids is 1. The molecule has 0 saturated carbocycles. The van der Waals surface area contributed by atoms with Crippen molar-refractivity contribution in [1.82, 2.24) is 10.2 Å². The lowest BCUT2D eigenvalue weighted by Crippen LogP contribution is -2.41. The number of nitrogens with one attached hydrogen (secondary N) is 1. The molecule has 0 aliphatic carbocycles. The molecule has 4 heteroatoms. The zero-order chi connectivity index (χ0) is 11.1. The summed E-state index contributed by atoms with van der Waals surface area (Å²) in [5.74, 6) is 0.926. The van der Waals surface area contributed by atoms with Crippen molar-refractivity contribution < 1.29 is 4.79 Å². The Labute approximate surface area is 92.2 Å². The molecule has 0 atom stereocenters. The highest BCUT2D eigenvalue weighted by Crippen LogP contribution is 2.19. The van der Waals surface area contributed by atoms with Gasteiger partial charge in [0.05, 0.1) is 6.54 Å². The highest BCUT2D eigenvalue weighted by molar-refractivity contribution is 5.77. The van der Waals surface area contributed by atoms with Crippen LogP contribution in [0.3, 0.4) is 0 Å². The lowest BCUT2D eigenvalue weighted by Gasteiger charge is -2.31. The van der Waals surface area contributed by atoms with Gasteiger partial charge in [0.25, 0.3) is 0 Å². The monoisotopic (exact) mass is 213 g/mol. The summed E-state index contributed by atoms with van der Waals surface area (Å²) < 4.78 is 0. The summed E-state index contributed by atoms with van der Waals surface area (Å²) in [5, 5.41) is 2.83. The third-order valence-electron chi connectivity index (χ3n) is 3.02. The molecule has 4 nitrogen and oxygen atoms in total. The molecular formula is C11H23N3O. The molecule has 1 amide bonds. The van der Waals surface area contributed by atoms with E-state index in [1.165, 1.54) is 12.8 Å². The van der Waals surface area contributed by atoms with Crippen molar-refractivity contribution in [3.63, 3.8) is 0 Å². The Bertz CT molecular complexity index is 188. The van der Waals surface area contributed by atoms with Gasteiger partial charge in [0.1, 0.15) is 0 Å². The Balaban J connectivity index is 2.16. The molecule has 0 aromatic rings. The Morgan fingerprint density at radius 2 is 2.13 bits per heavy atom. The molecule has 1 saturated heterocycles. The number of carbonyl (C=O) groups is 1. The zero-order valence-corrected chi connectivity index (χ0v) is 9.67. The van der Waals surface area contributed by atoms with Crippen LogP contribution in [0, 0.1) is 5.92 Å². The number of rotatable bonds is 5. The van der Waals surface area contributed by atoms with Crippen molar-refractivity contribution in [3.8, 4) is 0 Å². The van der Waals surface area contributed by atoms with E-state index in [9.17, 15) is 4.79 Å². The fraction of sp³-hybridized carbons (Fsp3) is 0.909. The van der Waals surface area contributed by atoms with Crippen LogP contribution in [-0.2, 0) is 4.79 Å². The molecule has 0 aromatic carbocycles. The first kappa shape index (κ1) is 12.5. The standard InChI is InChI=1S/C11H23N3O/c1-2-13-11(15)9-14-7-4-10(3-6-12)5-8-14/h10H,2-9,12H2,1H3,(H,13,15). The van der Waals surface area contributed by atoms with Gasteiger partial charge < -0.3 is 11.1 Å². The summed E-state index contributed by atoms with van der Waals surface area (Å²) >= 11 is 0. The Morgan fingerprint density at radius 3 is 2.67 bits per heavy atom. The van der Waals surface area contributed by atoms with E-state index in [1.807, 2.05) is 6.92 Å². The maximum absolute atomic E-state index is 11.3. The van der Waals surface area contributed by atoms with Crippen molar-refractivity contribution in [2.75, 3.05) is 32.7 Å². The molecule has 1 aliphatic rings. The number of likely N-dealkylation sites (N-methyl/N-ethyl adjacent to an activating group) is 1. The van der Waals surface area contributed by atoms with E-state index in [0.29, 0.717) is 6.54 Å². The van der Waals surface area contributed by atoms with Gasteiger partial charge in [0.2, 0.25) is 5.91 Å². The van der Waals surface area contributed by atoms with E-state index in [-0.39, 0.29) is 5.91 Å². The van der Waals surface area contributed by atoms with Crippen LogP contribution in [0.4, 0.5) is 0 Å². The average molecular weight is 213 g/mol. The van der Waals surface area contributed by atoms with Crippen LogP contribution in [0.25, 0.3) is 0 Å².